The summed E-state index contributed by atoms with van der Waals surface area (Å²) in [6, 6.07) is 0. The lowest BCUT2D eigenvalue weighted by atomic mass is 9.96. The fourth-order valence-corrected chi connectivity index (χ4v) is 1.89. The van der Waals surface area contributed by atoms with E-state index in [1.807, 2.05) is 0 Å². The molecule has 13 heavy (non-hydrogen) atoms. The second kappa shape index (κ2) is 3.68. The van der Waals surface area contributed by atoms with Crippen molar-refractivity contribution in [1.29, 1.82) is 0 Å². The Hall–Kier alpha value is -0.540. The van der Waals surface area contributed by atoms with Gasteiger partial charge in [0.2, 0.25) is 5.79 Å². The van der Waals surface area contributed by atoms with Crippen molar-refractivity contribution in [2.24, 2.45) is 0 Å². The monoisotopic (exact) mass is 184 g/mol. The Morgan fingerprint density at radius 2 is 2.31 bits per heavy atom. The van der Waals surface area contributed by atoms with E-state index in [0.29, 0.717) is 0 Å². The van der Waals surface area contributed by atoms with Crippen LogP contribution >= 0.6 is 0 Å². The highest BCUT2D eigenvalue weighted by atomic mass is 16.7. The average molecular weight is 184 g/mol. The first-order chi connectivity index (χ1) is 6.35. The van der Waals surface area contributed by atoms with Gasteiger partial charge in [0, 0.05) is 12.8 Å². The molecule has 1 N–H and O–H groups in total. The summed E-state index contributed by atoms with van der Waals surface area (Å²) in [5.74, 6) is -0.350. The number of ether oxygens (including phenoxy) is 2. The molecule has 1 unspecified atom stereocenters. The first kappa shape index (κ1) is 9.03. The standard InChI is InChI=1S/C10H16O3/c11-7-9-3-5-10(13-8-9)4-1-2-6-12-10/h8,11H,1-7H2. The molecule has 3 nitrogen and oxygen atoms in total. The molecular formula is C10H16O3. The van der Waals surface area contributed by atoms with Gasteiger partial charge in [-0.25, -0.2) is 0 Å². The van der Waals surface area contributed by atoms with Crippen LogP contribution in [0.15, 0.2) is 11.8 Å². The van der Waals surface area contributed by atoms with Gasteiger partial charge >= 0.3 is 0 Å². The van der Waals surface area contributed by atoms with Crippen molar-refractivity contribution < 1.29 is 14.6 Å². The molecule has 0 aromatic carbocycles. The Bertz CT molecular complexity index is 204. The van der Waals surface area contributed by atoms with Crippen molar-refractivity contribution in [1.82, 2.24) is 0 Å². The maximum atomic E-state index is 8.89. The van der Waals surface area contributed by atoms with Gasteiger partial charge in [-0.1, -0.05) is 0 Å². The van der Waals surface area contributed by atoms with Crippen LogP contribution in [0.5, 0.6) is 0 Å². The van der Waals surface area contributed by atoms with E-state index in [1.165, 1.54) is 6.42 Å². The summed E-state index contributed by atoms with van der Waals surface area (Å²) < 4.78 is 11.2. The zero-order valence-electron chi connectivity index (χ0n) is 7.79. The highest BCUT2D eigenvalue weighted by Crippen LogP contribution is 2.35. The largest absolute Gasteiger partial charge is 0.470 e. The van der Waals surface area contributed by atoms with Gasteiger partial charge in [-0.2, -0.15) is 0 Å². The molecule has 1 spiro atoms. The van der Waals surface area contributed by atoms with Crippen molar-refractivity contribution in [2.75, 3.05) is 13.2 Å². The molecule has 3 heteroatoms. The third kappa shape index (κ3) is 1.86. The van der Waals surface area contributed by atoms with Crippen LogP contribution in [0, 0.1) is 0 Å². The molecule has 1 saturated heterocycles. The highest BCUT2D eigenvalue weighted by Gasteiger charge is 2.36. The van der Waals surface area contributed by atoms with Gasteiger partial charge in [-0.05, 0) is 24.8 Å². The molecule has 1 atom stereocenters. The van der Waals surface area contributed by atoms with Crippen molar-refractivity contribution in [2.45, 2.75) is 37.9 Å². The van der Waals surface area contributed by atoms with Crippen LogP contribution < -0.4 is 0 Å². The maximum absolute atomic E-state index is 8.89. The minimum absolute atomic E-state index is 0.107. The maximum Gasteiger partial charge on any atom is 0.209 e. The van der Waals surface area contributed by atoms with Gasteiger partial charge in [0.25, 0.3) is 0 Å². The molecule has 74 valence electrons. The molecular weight excluding hydrogens is 168 g/mol. The summed E-state index contributed by atoms with van der Waals surface area (Å²) in [4.78, 5) is 0. The van der Waals surface area contributed by atoms with Crippen molar-refractivity contribution >= 4 is 0 Å². The minimum Gasteiger partial charge on any atom is -0.470 e. The van der Waals surface area contributed by atoms with E-state index in [9.17, 15) is 0 Å². The molecule has 0 saturated carbocycles. The Balaban J connectivity index is 1.98. The lowest BCUT2D eigenvalue weighted by Gasteiger charge is -2.39. The van der Waals surface area contributed by atoms with E-state index in [-0.39, 0.29) is 12.4 Å². The summed E-state index contributed by atoms with van der Waals surface area (Å²) in [6.07, 6.45) is 6.77. The van der Waals surface area contributed by atoms with Crippen LogP contribution in [0.4, 0.5) is 0 Å². The molecule has 0 amide bonds. The van der Waals surface area contributed by atoms with E-state index in [2.05, 4.69) is 0 Å². The predicted molar refractivity (Wildman–Crippen MR) is 48.0 cm³/mol. The zero-order valence-corrected chi connectivity index (χ0v) is 7.79. The van der Waals surface area contributed by atoms with Gasteiger partial charge in [0.15, 0.2) is 0 Å². The smallest absolute Gasteiger partial charge is 0.209 e. The van der Waals surface area contributed by atoms with Gasteiger partial charge < -0.3 is 14.6 Å². The van der Waals surface area contributed by atoms with Crippen LogP contribution in [0.2, 0.25) is 0 Å². The van der Waals surface area contributed by atoms with E-state index >= 15 is 0 Å². The SMILES string of the molecule is OCC1=COC2(CCCCO2)CC1. The van der Waals surface area contributed by atoms with Crippen molar-refractivity contribution in [3.63, 3.8) is 0 Å². The van der Waals surface area contributed by atoms with E-state index in [0.717, 1.165) is 37.9 Å². The predicted octanol–water partition coefficient (Wildman–Crippen LogP) is 1.57. The third-order valence-corrected chi connectivity index (χ3v) is 2.79. The van der Waals surface area contributed by atoms with E-state index in [1.54, 1.807) is 6.26 Å². The van der Waals surface area contributed by atoms with Crippen LogP contribution in [0.25, 0.3) is 0 Å². The number of aliphatic hydroxyl groups is 1. The Labute approximate surface area is 78.3 Å². The quantitative estimate of drug-likeness (QED) is 0.672. The number of hydrogen-bond acceptors (Lipinski definition) is 3. The average Bonchev–Trinajstić information content (AvgIpc) is 2.20. The topological polar surface area (TPSA) is 38.7 Å². The number of aliphatic hydroxyl groups excluding tert-OH is 1. The Kier molecular flexibility index (Phi) is 2.56. The lowest BCUT2D eigenvalue weighted by Crippen LogP contribution is -2.39. The molecule has 0 bridgehead atoms. The van der Waals surface area contributed by atoms with Gasteiger partial charge in [-0.15, -0.1) is 0 Å². The summed E-state index contributed by atoms with van der Waals surface area (Å²) in [6.45, 7) is 0.915. The lowest BCUT2D eigenvalue weighted by molar-refractivity contribution is -0.237. The fraction of sp³-hybridized carbons (Fsp3) is 0.800. The van der Waals surface area contributed by atoms with Crippen LogP contribution in [0.3, 0.4) is 0 Å². The molecule has 0 aromatic heterocycles. The molecule has 2 heterocycles. The van der Waals surface area contributed by atoms with Crippen LogP contribution in [0.1, 0.15) is 32.1 Å². The summed E-state index contributed by atoms with van der Waals surface area (Å²) in [5, 5.41) is 8.89. The number of rotatable bonds is 1. The van der Waals surface area contributed by atoms with Crippen LogP contribution in [-0.4, -0.2) is 24.1 Å². The molecule has 2 aliphatic rings. The van der Waals surface area contributed by atoms with Gasteiger partial charge in [0.05, 0.1) is 19.5 Å². The first-order valence-corrected chi connectivity index (χ1v) is 4.95. The second-order valence-corrected chi connectivity index (χ2v) is 3.77. The van der Waals surface area contributed by atoms with Crippen molar-refractivity contribution in [3.05, 3.63) is 11.8 Å². The Morgan fingerprint density at radius 1 is 1.38 bits per heavy atom. The summed E-state index contributed by atoms with van der Waals surface area (Å²) in [5.41, 5.74) is 0.972. The summed E-state index contributed by atoms with van der Waals surface area (Å²) in [7, 11) is 0. The number of hydrogen-bond donors (Lipinski definition) is 1. The second-order valence-electron chi connectivity index (χ2n) is 3.77. The molecule has 0 aliphatic carbocycles. The van der Waals surface area contributed by atoms with E-state index in [4.69, 9.17) is 14.6 Å². The molecule has 2 rings (SSSR count). The fourth-order valence-electron chi connectivity index (χ4n) is 1.89. The summed E-state index contributed by atoms with van der Waals surface area (Å²) >= 11 is 0. The minimum atomic E-state index is -0.350. The highest BCUT2D eigenvalue weighted by molar-refractivity contribution is 5.03. The van der Waals surface area contributed by atoms with Gasteiger partial charge in [-0.3, -0.25) is 0 Å². The van der Waals surface area contributed by atoms with E-state index < -0.39 is 0 Å². The third-order valence-electron chi connectivity index (χ3n) is 2.79. The zero-order chi connectivity index (χ0) is 9.15. The molecule has 0 aromatic rings. The Morgan fingerprint density at radius 3 is 2.85 bits per heavy atom. The normalized spacial score (nSPS) is 34.1. The van der Waals surface area contributed by atoms with Gasteiger partial charge in [0.1, 0.15) is 0 Å². The molecule has 2 aliphatic heterocycles. The molecule has 1 fully saturated rings. The van der Waals surface area contributed by atoms with Crippen molar-refractivity contribution in [3.8, 4) is 0 Å². The van der Waals surface area contributed by atoms with Crippen LogP contribution in [-0.2, 0) is 9.47 Å². The molecule has 0 radical (unpaired) electrons. The first-order valence-electron chi connectivity index (χ1n) is 4.95.